The molecule has 0 radical (unpaired) electrons. The molecule has 0 spiro atoms. The maximum Gasteiger partial charge on any atom is 0.164 e. The van der Waals surface area contributed by atoms with Crippen molar-refractivity contribution in [2.24, 2.45) is 0 Å². The lowest BCUT2D eigenvalue weighted by Crippen LogP contribution is -2.01. The van der Waals surface area contributed by atoms with Gasteiger partial charge in [0.2, 0.25) is 0 Å². The Bertz CT molecular complexity index is 3610. The second-order valence-electron chi connectivity index (χ2n) is 15.7. The molecule has 5 heteroatoms. The van der Waals surface area contributed by atoms with Gasteiger partial charge in [-0.15, -0.1) is 0 Å². The number of aromatic nitrogens is 5. The SMILES string of the molecule is c1ccc(-c2ccc(-c3nc(-c4cccc(-n5c6ccccc6c6cc(-c7ccccc7)ccc65)c4)nc(-c4ccc5c(c4)c4ccccc4n5-c4ccccc4)n3)cc2)cc1. The van der Waals surface area contributed by atoms with Gasteiger partial charge in [0.15, 0.2) is 17.5 Å². The highest BCUT2D eigenvalue weighted by Crippen LogP contribution is 2.38. The summed E-state index contributed by atoms with van der Waals surface area (Å²) in [6.45, 7) is 0. The van der Waals surface area contributed by atoms with Crippen molar-refractivity contribution in [2.45, 2.75) is 0 Å². The van der Waals surface area contributed by atoms with E-state index in [1.165, 1.54) is 27.3 Å². The first-order valence-corrected chi connectivity index (χ1v) is 20.9. The van der Waals surface area contributed by atoms with Gasteiger partial charge in [-0.05, 0) is 89.0 Å². The van der Waals surface area contributed by atoms with E-state index in [4.69, 9.17) is 15.0 Å². The molecule has 0 aliphatic rings. The minimum Gasteiger partial charge on any atom is -0.309 e. The Hall–Kier alpha value is -8.41. The average molecular weight is 792 g/mol. The van der Waals surface area contributed by atoms with Crippen LogP contribution in [0.15, 0.2) is 224 Å². The Kier molecular flexibility index (Phi) is 8.42. The summed E-state index contributed by atoms with van der Waals surface area (Å²) in [4.78, 5) is 15.7. The van der Waals surface area contributed by atoms with Gasteiger partial charge in [-0.3, -0.25) is 0 Å². The van der Waals surface area contributed by atoms with E-state index in [2.05, 4.69) is 228 Å². The van der Waals surface area contributed by atoms with Crippen LogP contribution >= 0.6 is 0 Å². The Morgan fingerprint density at radius 3 is 1.21 bits per heavy atom. The third-order valence-electron chi connectivity index (χ3n) is 12.0. The van der Waals surface area contributed by atoms with Crippen LogP contribution in [0.1, 0.15) is 0 Å². The van der Waals surface area contributed by atoms with Gasteiger partial charge in [0.25, 0.3) is 0 Å². The van der Waals surface area contributed by atoms with Gasteiger partial charge in [0.1, 0.15) is 0 Å². The first-order valence-electron chi connectivity index (χ1n) is 20.9. The molecule has 3 heterocycles. The van der Waals surface area contributed by atoms with Gasteiger partial charge in [-0.1, -0.05) is 158 Å². The van der Waals surface area contributed by atoms with E-state index in [1.54, 1.807) is 0 Å². The summed E-state index contributed by atoms with van der Waals surface area (Å²) >= 11 is 0. The average Bonchev–Trinajstić information content (AvgIpc) is 3.87. The summed E-state index contributed by atoms with van der Waals surface area (Å²) in [5.74, 6) is 1.84. The van der Waals surface area contributed by atoms with E-state index >= 15 is 0 Å². The second-order valence-corrected chi connectivity index (χ2v) is 15.7. The molecular weight excluding hydrogens is 755 g/mol. The number of fused-ring (bicyclic) bond motifs is 6. The third kappa shape index (κ3) is 6.06. The quantitative estimate of drug-likeness (QED) is 0.162. The molecule has 0 saturated heterocycles. The van der Waals surface area contributed by atoms with Crippen molar-refractivity contribution in [3.8, 4) is 67.8 Å². The van der Waals surface area contributed by atoms with Crippen molar-refractivity contribution in [1.82, 2.24) is 24.1 Å². The van der Waals surface area contributed by atoms with E-state index in [0.717, 1.165) is 66.6 Å². The highest BCUT2D eigenvalue weighted by atomic mass is 15.0. The Balaban J connectivity index is 1.03. The lowest BCUT2D eigenvalue weighted by Gasteiger charge is -2.12. The van der Waals surface area contributed by atoms with E-state index in [1.807, 2.05) is 6.07 Å². The summed E-state index contributed by atoms with van der Waals surface area (Å²) in [7, 11) is 0. The fourth-order valence-corrected chi connectivity index (χ4v) is 9.02. The highest BCUT2D eigenvalue weighted by molar-refractivity contribution is 6.11. The summed E-state index contributed by atoms with van der Waals surface area (Å²) in [6, 6.07) is 79.2. The van der Waals surface area contributed by atoms with Crippen LogP contribution in [-0.4, -0.2) is 24.1 Å². The van der Waals surface area contributed by atoms with Crippen molar-refractivity contribution in [3.63, 3.8) is 0 Å². The van der Waals surface area contributed by atoms with Gasteiger partial charge >= 0.3 is 0 Å². The molecule has 0 fully saturated rings. The van der Waals surface area contributed by atoms with Crippen molar-refractivity contribution in [1.29, 1.82) is 0 Å². The predicted molar refractivity (Wildman–Crippen MR) is 256 cm³/mol. The number of hydrogen-bond acceptors (Lipinski definition) is 3. The lowest BCUT2D eigenvalue weighted by molar-refractivity contribution is 1.07. The van der Waals surface area contributed by atoms with Crippen LogP contribution in [0.3, 0.4) is 0 Å². The van der Waals surface area contributed by atoms with E-state index < -0.39 is 0 Å². The monoisotopic (exact) mass is 791 g/mol. The molecule has 0 unspecified atom stereocenters. The molecule has 62 heavy (non-hydrogen) atoms. The van der Waals surface area contributed by atoms with Gasteiger partial charge in [0, 0.05) is 49.6 Å². The van der Waals surface area contributed by atoms with Crippen LogP contribution in [0.5, 0.6) is 0 Å². The van der Waals surface area contributed by atoms with Crippen molar-refractivity contribution >= 4 is 43.6 Å². The Morgan fingerprint density at radius 1 is 0.226 bits per heavy atom. The minimum atomic E-state index is 0.609. The smallest absolute Gasteiger partial charge is 0.164 e. The van der Waals surface area contributed by atoms with Crippen LogP contribution in [0.25, 0.3) is 111 Å². The Labute approximate surface area is 358 Å². The third-order valence-corrected chi connectivity index (χ3v) is 12.0. The molecule has 0 aliphatic carbocycles. The summed E-state index contributed by atoms with van der Waals surface area (Å²) in [6.07, 6.45) is 0. The molecule has 0 saturated carbocycles. The summed E-state index contributed by atoms with van der Waals surface area (Å²) in [5, 5.41) is 4.73. The van der Waals surface area contributed by atoms with Gasteiger partial charge in [0.05, 0.1) is 22.1 Å². The summed E-state index contributed by atoms with van der Waals surface area (Å²) < 4.78 is 4.68. The molecular formula is C57H37N5. The first kappa shape index (κ1) is 35.5. The zero-order chi connectivity index (χ0) is 41.0. The zero-order valence-electron chi connectivity index (χ0n) is 33.6. The molecule has 9 aromatic carbocycles. The van der Waals surface area contributed by atoms with Crippen molar-refractivity contribution in [2.75, 3.05) is 0 Å². The van der Waals surface area contributed by atoms with Crippen molar-refractivity contribution < 1.29 is 0 Å². The van der Waals surface area contributed by atoms with Crippen LogP contribution in [0, 0.1) is 0 Å². The maximum absolute atomic E-state index is 5.27. The van der Waals surface area contributed by atoms with E-state index in [-0.39, 0.29) is 0 Å². The fraction of sp³-hybridized carbons (Fsp3) is 0. The molecule has 0 N–H and O–H groups in total. The zero-order valence-corrected chi connectivity index (χ0v) is 33.6. The second kappa shape index (κ2) is 14.7. The van der Waals surface area contributed by atoms with Crippen LogP contribution in [0.2, 0.25) is 0 Å². The normalized spacial score (nSPS) is 11.5. The molecule has 0 atom stereocenters. The molecule has 290 valence electrons. The number of rotatable bonds is 7. The molecule has 0 aliphatic heterocycles. The van der Waals surface area contributed by atoms with Crippen molar-refractivity contribution in [3.05, 3.63) is 224 Å². The van der Waals surface area contributed by atoms with Gasteiger partial charge < -0.3 is 9.13 Å². The topological polar surface area (TPSA) is 48.5 Å². The standard InChI is InChI=1S/C57H37N5/c1-4-15-38(16-5-1)40-27-29-41(30-28-40)55-58-56(60-57(59-55)44-32-34-53-50(37-44)48-24-10-12-25-51(48)61(53)45-20-8-3-9-21-45)43-19-14-22-46(35-43)62-52-26-13-11-23-47(52)49-36-42(31-33-54(49)62)39-17-6-2-7-18-39/h1-37H. The minimum absolute atomic E-state index is 0.609. The number of benzene rings is 9. The maximum atomic E-state index is 5.27. The molecule has 5 nitrogen and oxygen atoms in total. The van der Waals surface area contributed by atoms with Crippen LogP contribution in [-0.2, 0) is 0 Å². The van der Waals surface area contributed by atoms with Crippen LogP contribution in [0.4, 0.5) is 0 Å². The predicted octanol–water partition coefficient (Wildman–Crippen LogP) is 14.4. The molecule has 3 aromatic heterocycles. The summed E-state index contributed by atoms with van der Waals surface area (Å²) in [5.41, 5.74) is 14.2. The first-order chi connectivity index (χ1) is 30.7. The number of para-hydroxylation sites is 3. The lowest BCUT2D eigenvalue weighted by atomic mass is 10.0. The highest BCUT2D eigenvalue weighted by Gasteiger charge is 2.19. The number of hydrogen-bond donors (Lipinski definition) is 0. The molecule has 0 amide bonds. The molecule has 0 bridgehead atoms. The Morgan fingerprint density at radius 2 is 0.597 bits per heavy atom. The van der Waals surface area contributed by atoms with E-state index in [0.29, 0.717) is 17.5 Å². The fourth-order valence-electron chi connectivity index (χ4n) is 9.02. The molecule has 12 aromatic rings. The molecule has 12 rings (SSSR count). The van der Waals surface area contributed by atoms with Crippen LogP contribution < -0.4 is 0 Å². The number of nitrogens with zero attached hydrogens (tertiary/aromatic N) is 5. The van der Waals surface area contributed by atoms with Gasteiger partial charge in [-0.2, -0.15) is 0 Å². The van der Waals surface area contributed by atoms with E-state index in [9.17, 15) is 0 Å². The van der Waals surface area contributed by atoms with Gasteiger partial charge in [-0.25, -0.2) is 15.0 Å². The largest absolute Gasteiger partial charge is 0.309 e.